The molecule has 0 aliphatic carbocycles. The predicted molar refractivity (Wildman–Crippen MR) is 118 cm³/mol. The maximum atomic E-state index is 5.44. The molecule has 1 fully saturated rings. The molecule has 28 heavy (non-hydrogen) atoms. The van der Waals surface area contributed by atoms with Gasteiger partial charge in [0.05, 0.1) is 7.11 Å². The Labute approximate surface area is 175 Å². The van der Waals surface area contributed by atoms with Crippen molar-refractivity contribution in [2.75, 3.05) is 32.1 Å². The van der Waals surface area contributed by atoms with Crippen LogP contribution in [0.25, 0.3) is 0 Å². The largest absolute Gasteiger partial charge is 0.496 e. The minimum Gasteiger partial charge on any atom is -0.496 e. The van der Waals surface area contributed by atoms with Gasteiger partial charge in [-0.1, -0.05) is 22.0 Å². The number of halogens is 1. The lowest BCUT2D eigenvalue weighted by atomic mass is 10.1. The molecular formula is C21H28BrN5O. The summed E-state index contributed by atoms with van der Waals surface area (Å²) in [4.78, 5) is 11.3. The monoisotopic (exact) mass is 445 g/mol. The Morgan fingerprint density at radius 2 is 2.07 bits per heavy atom. The lowest BCUT2D eigenvalue weighted by Gasteiger charge is -2.33. The summed E-state index contributed by atoms with van der Waals surface area (Å²) in [7, 11) is 3.50. The molecule has 7 heteroatoms. The van der Waals surface area contributed by atoms with Gasteiger partial charge in [-0.3, -0.25) is 4.99 Å². The third-order valence-corrected chi connectivity index (χ3v) is 5.46. The van der Waals surface area contributed by atoms with Crippen LogP contribution in [0, 0.1) is 6.92 Å². The van der Waals surface area contributed by atoms with Gasteiger partial charge in [-0.05, 0) is 49.6 Å². The zero-order valence-corrected chi connectivity index (χ0v) is 18.3. The number of anilines is 1. The Bertz CT molecular complexity index is 801. The fourth-order valence-electron chi connectivity index (χ4n) is 3.35. The van der Waals surface area contributed by atoms with E-state index < -0.39 is 0 Å². The van der Waals surface area contributed by atoms with Gasteiger partial charge in [-0.15, -0.1) is 0 Å². The van der Waals surface area contributed by atoms with E-state index in [-0.39, 0.29) is 0 Å². The predicted octanol–water partition coefficient (Wildman–Crippen LogP) is 3.50. The molecule has 6 nitrogen and oxygen atoms in total. The number of methoxy groups -OCH3 is 1. The third kappa shape index (κ3) is 5.38. The van der Waals surface area contributed by atoms with Gasteiger partial charge in [0.25, 0.3) is 0 Å². The summed E-state index contributed by atoms with van der Waals surface area (Å²) in [6, 6.07) is 10.6. The van der Waals surface area contributed by atoms with Gasteiger partial charge in [0.1, 0.15) is 11.6 Å². The summed E-state index contributed by atoms with van der Waals surface area (Å²) in [5, 5.41) is 6.94. The minimum absolute atomic E-state index is 0.400. The molecule has 3 rings (SSSR count). The average molecular weight is 446 g/mol. The number of piperidine rings is 1. The van der Waals surface area contributed by atoms with E-state index in [1.807, 2.05) is 18.3 Å². The molecule has 2 heterocycles. The van der Waals surface area contributed by atoms with Crippen LogP contribution in [0.1, 0.15) is 24.0 Å². The molecule has 0 unspecified atom stereocenters. The second-order valence-corrected chi connectivity index (χ2v) is 7.90. The minimum atomic E-state index is 0.400. The van der Waals surface area contributed by atoms with Crippen LogP contribution in [0.5, 0.6) is 5.75 Å². The SMILES string of the molecule is CN=C(NCc1cc(Br)ccc1OC)NC1CCN(c2ccc(C)cn2)CC1. The Morgan fingerprint density at radius 1 is 1.29 bits per heavy atom. The van der Waals surface area contributed by atoms with Gasteiger partial charge in [0, 0.05) is 49.0 Å². The van der Waals surface area contributed by atoms with Crippen LogP contribution in [0.4, 0.5) is 5.82 Å². The van der Waals surface area contributed by atoms with Crippen molar-refractivity contribution in [2.45, 2.75) is 32.4 Å². The van der Waals surface area contributed by atoms with E-state index in [1.165, 1.54) is 5.56 Å². The van der Waals surface area contributed by atoms with Crippen LogP contribution in [0.3, 0.4) is 0 Å². The molecule has 0 atom stereocenters. The molecule has 2 aromatic rings. The van der Waals surface area contributed by atoms with E-state index in [1.54, 1.807) is 14.2 Å². The molecule has 1 aromatic carbocycles. The number of benzene rings is 1. The first-order valence-electron chi connectivity index (χ1n) is 9.56. The number of aryl methyl sites for hydroxylation is 1. The van der Waals surface area contributed by atoms with E-state index in [0.717, 1.165) is 53.5 Å². The van der Waals surface area contributed by atoms with Crippen LogP contribution >= 0.6 is 15.9 Å². The van der Waals surface area contributed by atoms with Gasteiger partial charge < -0.3 is 20.3 Å². The van der Waals surface area contributed by atoms with E-state index in [2.05, 4.69) is 66.6 Å². The quantitative estimate of drug-likeness (QED) is 0.544. The summed E-state index contributed by atoms with van der Waals surface area (Å²) in [5.41, 5.74) is 2.28. The second-order valence-electron chi connectivity index (χ2n) is 6.98. The smallest absolute Gasteiger partial charge is 0.191 e. The number of nitrogens with one attached hydrogen (secondary N) is 2. The first-order valence-corrected chi connectivity index (χ1v) is 10.4. The zero-order valence-electron chi connectivity index (χ0n) is 16.7. The number of aliphatic imine (C=N–C) groups is 1. The molecule has 1 aliphatic heterocycles. The van der Waals surface area contributed by atoms with E-state index in [9.17, 15) is 0 Å². The fourth-order valence-corrected chi connectivity index (χ4v) is 3.76. The van der Waals surface area contributed by atoms with Crippen LogP contribution in [0.15, 0.2) is 46.0 Å². The first kappa shape index (κ1) is 20.5. The van der Waals surface area contributed by atoms with Crippen LogP contribution in [-0.2, 0) is 6.54 Å². The Hall–Kier alpha value is -2.28. The maximum Gasteiger partial charge on any atom is 0.191 e. The Balaban J connectivity index is 1.51. The standard InChI is InChI=1S/C21H28BrN5O/c1-15-4-7-20(24-13-15)27-10-8-18(9-11-27)26-21(23-2)25-14-16-12-17(22)5-6-19(16)28-3/h4-7,12-13,18H,8-11,14H2,1-3H3,(H2,23,25,26). The number of aromatic nitrogens is 1. The van der Waals surface area contributed by atoms with E-state index in [0.29, 0.717) is 12.6 Å². The fraction of sp³-hybridized carbons (Fsp3) is 0.429. The van der Waals surface area contributed by atoms with Crippen LogP contribution < -0.4 is 20.3 Å². The van der Waals surface area contributed by atoms with Crippen molar-refractivity contribution in [2.24, 2.45) is 4.99 Å². The molecule has 1 aliphatic rings. The van der Waals surface area contributed by atoms with Crippen molar-refractivity contribution >= 4 is 27.7 Å². The molecule has 150 valence electrons. The molecule has 1 saturated heterocycles. The number of ether oxygens (including phenoxy) is 1. The van der Waals surface area contributed by atoms with Crippen molar-refractivity contribution in [3.05, 3.63) is 52.1 Å². The normalized spacial score (nSPS) is 15.4. The van der Waals surface area contributed by atoms with Gasteiger partial charge in [-0.2, -0.15) is 0 Å². The van der Waals surface area contributed by atoms with Crippen molar-refractivity contribution in [3.8, 4) is 5.75 Å². The molecular weight excluding hydrogens is 418 g/mol. The van der Waals surface area contributed by atoms with Gasteiger partial charge in [0.2, 0.25) is 0 Å². The summed E-state index contributed by atoms with van der Waals surface area (Å²) >= 11 is 3.52. The van der Waals surface area contributed by atoms with Crippen LogP contribution in [0.2, 0.25) is 0 Å². The average Bonchev–Trinajstić information content (AvgIpc) is 2.72. The number of rotatable bonds is 5. The summed E-state index contributed by atoms with van der Waals surface area (Å²) < 4.78 is 6.48. The van der Waals surface area contributed by atoms with Gasteiger partial charge >= 0.3 is 0 Å². The van der Waals surface area contributed by atoms with Crippen molar-refractivity contribution < 1.29 is 4.74 Å². The molecule has 0 saturated carbocycles. The highest BCUT2D eigenvalue weighted by Crippen LogP contribution is 2.23. The first-order chi connectivity index (χ1) is 13.6. The Morgan fingerprint density at radius 3 is 2.71 bits per heavy atom. The number of guanidine groups is 1. The Kier molecular flexibility index (Phi) is 7.14. The van der Waals surface area contributed by atoms with Crippen molar-refractivity contribution in [1.82, 2.24) is 15.6 Å². The molecule has 0 radical (unpaired) electrons. The van der Waals surface area contributed by atoms with E-state index >= 15 is 0 Å². The second kappa shape index (κ2) is 9.78. The third-order valence-electron chi connectivity index (χ3n) is 4.97. The van der Waals surface area contributed by atoms with Crippen LogP contribution in [-0.4, -0.2) is 44.2 Å². The maximum absolute atomic E-state index is 5.44. The lowest BCUT2D eigenvalue weighted by molar-refractivity contribution is 0.408. The number of pyridine rings is 1. The summed E-state index contributed by atoms with van der Waals surface area (Å²) in [6.07, 6.45) is 4.04. The molecule has 0 amide bonds. The lowest BCUT2D eigenvalue weighted by Crippen LogP contribution is -2.48. The van der Waals surface area contributed by atoms with E-state index in [4.69, 9.17) is 4.74 Å². The molecule has 0 bridgehead atoms. The highest BCUT2D eigenvalue weighted by molar-refractivity contribution is 9.10. The molecule has 2 N–H and O–H groups in total. The van der Waals surface area contributed by atoms with Gasteiger partial charge in [0.15, 0.2) is 5.96 Å². The number of hydrogen-bond acceptors (Lipinski definition) is 4. The molecule has 1 aromatic heterocycles. The van der Waals surface area contributed by atoms with Crippen molar-refractivity contribution in [3.63, 3.8) is 0 Å². The number of nitrogens with zero attached hydrogens (tertiary/aromatic N) is 3. The highest BCUT2D eigenvalue weighted by Gasteiger charge is 2.21. The number of hydrogen-bond donors (Lipinski definition) is 2. The topological polar surface area (TPSA) is 61.8 Å². The van der Waals surface area contributed by atoms with Gasteiger partial charge in [-0.25, -0.2) is 4.98 Å². The highest BCUT2D eigenvalue weighted by atomic mass is 79.9. The van der Waals surface area contributed by atoms with Crippen molar-refractivity contribution in [1.29, 1.82) is 0 Å². The summed E-state index contributed by atoms with van der Waals surface area (Å²) in [5.74, 6) is 2.74. The summed E-state index contributed by atoms with van der Waals surface area (Å²) in [6.45, 7) is 4.69. The zero-order chi connectivity index (χ0) is 19.9. The molecule has 0 spiro atoms.